The summed E-state index contributed by atoms with van der Waals surface area (Å²) in [6.07, 6.45) is 0. The van der Waals surface area contributed by atoms with Crippen molar-refractivity contribution in [1.82, 2.24) is 9.38 Å². The number of hydrogen-bond donors (Lipinski definition) is 1. The summed E-state index contributed by atoms with van der Waals surface area (Å²) < 4.78 is 2.03. The monoisotopic (exact) mass is 344 g/mol. The first-order valence-corrected chi connectivity index (χ1v) is 8.42. The van der Waals surface area contributed by atoms with Gasteiger partial charge >= 0.3 is 0 Å². The Kier molecular flexibility index (Phi) is 2.99. The van der Waals surface area contributed by atoms with Gasteiger partial charge in [-0.25, -0.2) is 0 Å². The number of rotatable bonds is 1. The van der Waals surface area contributed by atoms with Crippen LogP contribution in [-0.4, -0.2) is 9.38 Å². The lowest BCUT2D eigenvalue weighted by Crippen LogP contribution is -2.10. The minimum atomic E-state index is -0.107. The van der Waals surface area contributed by atoms with Crippen LogP contribution in [0, 0.1) is 0 Å². The summed E-state index contributed by atoms with van der Waals surface area (Å²) in [5.41, 5.74) is 5.19. The highest BCUT2D eigenvalue weighted by atomic mass is 35.5. The van der Waals surface area contributed by atoms with E-state index in [4.69, 9.17) is 11.6 Å². The number of aromatic amines is 1. The van der Waals surface area contributed by atoms with Gasteiger partial charge in [-0.1, -0.05) is 54.1 Å². The third-order valence-corrected chi connectivity index (χ3v) is 4.84. The number of aromatic nitrogens is 2. The van der Waals surface area contributed by atoms with Gasteiger partial charge in [0.1, 0.15) is 5.52 Å². The molecular weight excluding hydrogens is 332 g/mol. The van der Waals surface area contributed by atoms with Crippen molar-refractivity contribution in [3.8, 4) is 11.1 Å². The van der Waals surface area contributed by atoms with Gasteiger partial charge in [0.15, 0.2) is 0 Å². The second-order valence-electron chi connectivity index (χ2n) is 6.06. The number of para-hydroxylation sites is 2. The van der Waals surface area contributed by atoms with Crippen molar-refractivity contribution < 1.29 is 0 Å². The third kappa shape index (κ3) is 2.03. The molecule has 25 heavy (non-hydrogen) atoms. The van der Waals surface area contributed by atoms with Gasteiger partial charge in [-0.15, -0.1) is 0 Å². The van der Waals surface area contributed by atoms with Crippen LogP contribution >= 0.6 is 11.6 Å². The van der Waals surface area contributed by atoms with E-state index in [1.54, 1.807) is 0 Å². The van der Waals surface area contributed by atoms with Gasteiger partial charge in [0.2, 0.25) is 0 Å². The smallest absolute Gasteiger partial charge is 0.273 e. The molecule has 0 spiro atoms. The van der Waals surface area contributed by atoms with Crippen molar-refractivity contribution in [1.29, 1.82) is 0 Å². The Morgan fingerprint density at radius 2 is 1.60 bits per heavy atom. The van der Waals surface area contributed by atoms with Crippen molar-refractivity contribution in [2.45, 2.75) is 0 Å². The van der Waals surface area contributed by atoms with Crippen molar-refractivity contribution in [2.75, 3.05) is 0 Å². The van der Waals surface area contributed by atoms with Gasteiger partial charge in [0.25, 0.3) is 5.56 Å². The number of H-pyrrole nitrogens is 1. The molecule has 0 unspecified atom stereocenters. The van der Waals surface area contributed by atoms with Crippen LogP contribution in [0.5, 0.6) is 0 Å². The molecule has 5 rings (SSSR count). The van der Waals surface area contributed by atoms with Crippen LogP contribution in [0.25, 0.3) is 38.6 Å². The predicted octanol–water partition coefficient (Wildman–Crippen LogP) is 5.25. The predicted molar refractivity (Wildman–Crippen MR) is 103 cm³/mol. The van der Waals surface area contributed by atoms with E-state index in [-0.39, 0.29) is 5.56 Å². The summed E-state index contributed by atoms with van der Waals surface area (Å²) in [4.78, 5) is 15.9. The summed E-state index contributed by atoms with van der Waals surface area (Å²) in [5, 5.41) is 1.63. The first-order valence-electron chi connectivity index (χ1n) is 8.04. The fourth-order valence-electron chi connectivity index (χ4n) is 3.58. The molecule has 0 amide bonds. The summed E-state index contributed by atoms with van der Waals surface area (Å²) in [6, 6.07) is 23.6. The lowest BCUT2D eigenvalue weighted by Gasteiger charge is -2.04. The van der Waals surface area contributed by atoms with Crippen molar-refractivity contribution in [3.63, 3.8) is 0 Å². The molecule has 0 bridgehead atoms. The zero-order valence-electron chi connectivity index (χ0n) is 13.2. The highest BCUT2D eigenvalue weighted by Crippen LogP contribution is 2.36. The molecule has 0 aliphatic carbocycles. The largest absolute Gasteiger partial charge is 0.319 e. The van der Waals surface area contributed by atoms with E-state index in [9.17, 15) is 4.79 Å². The summed E-state index contributed by atoms with van der Waals surface area (Å²) in [5.74, 6) is 0. The van der Waals surface area contributed by atoms with Crippen molar-refractivity contribution in [2.24, 2.45) is 0 Å². The fourth-order valence-corrected chi connectivity index (χ4v) is 3.75. The van der Waals surface area contributed by atoms with Crippen LogP contribution in [-0.2, 0) is 0 Å². The number of hydrogen-bond acceptors (Lipinski definition) is 1. The lowest BCUT2D eigenvalue weighted by molar-refractivity contribution is 1.22. The van der Waals surface area contributed by atoms with Gasteiger partial charge in [-0.05, 0) is 35.9 Å². The number of nitrogens with zero attached hydrogens (tertiary/aromatic N) is 1. The first-order chi connectivity index (χ1) is 12.2. The van der Waals surface area contributed by atoms with E-state index in [2.05, 4.69) is 4.98 Å². The number of fused-ring (bicyclic) bond motifs is 5. The Labute approximate surface area is 148 Å². The molecule has 4 heteroatoms. The highest BCUT2D eigenvalue weighted by Gasteiger charge is 2.18. The Bertz CT molecular complexity index is 1320. The Balaban J connectivity index is 2.13. The Morgan fingerprint density at radius 1 is 0.840 bits per heavy atom. The topological polar surface area (TPSA) is 37.3 Å². The van der Waals surface area contributed by atoms with Gasteiger partial charge in [0.05, 0.1) is 16.6 Å². The number of benzene rings is 3. The standard InChI is InChI=1S/C21H13ClN2O/c22-14-10-11-17-15(12-14)19(13-6-2-1-3-7-13)20-21(25)23-16-8-4-5-9-18(16)24(17)20/h1-12H,(H,23,25). The minimum absolute atomic E-state index is 0.107. The highest BCUT2D eigenvalue weighted by molar-refractivity contribution is 6.31. The molecule has 1 N–H and O–H groups in total. The maximum absolute atomic E-state index is 12.9. The van der Waals surface area contributed by atoms with Crippen LogP contribution in [0.2, 0.25) is 5.02 Å². The van der Waals surface area contributed by atoms with E-state index in [0.29, 0.717) is 10.5 Å². The SMILES string of the molecule is O=c1[nH]c2ccccc2n2c1c(-c1ccccc1)c1cc(Cl)ccc12. The molecule has 3 aromatic carbocycles. The molecule has 0 aliphatic rings. The minimum Gasteiger partial charge on any atom is -0.319 e. The molecule has 3 nitrogen and oxygen atoms in total. The Morgan fingerprint density at radius 3 is 2.44 bits per heavy atom. The van der Waals surface area contributed by atoms with Crippen LogP contribution < -0.4 is 5.56 Å². The molecule has 2 heterocycles. The fraction of sp³-hybridized carbons (Fsp3) is 0. The van der Waals surface area contributed by atoms with E-state index < -0.39 is 0 Å². The van der Waals surface area contributed by atoms with E-state index in [1.807, 2.05) is 77.2 Å². The van der Waals surface area contributed by atoms with E-state index in [1.165, 1.54) is 0 Å². The van der Waals surface area contributed by atoms with Crippen LogP contribution in [0.3, 0.4) is 0 Å². The lowest BCUT2D eigenvalue weighted by atomic mass is 10.0. The first kappa shape index (κ1) is 14.3. The summed E-state index contributed by atoms with van der Waals surface area (Å²) >= 11 is 6.27. The van der Waals surface area contributed by atoms with Crippen LogP contribution in [0.1, 0.15) is 0 Å². The molecule has 0 atom stereocenters. The van der Waals surface area contributed by atoms with E-state index in [0.717, 1.165) is 33.1 Å². The molecule has 0 aliphatic heterocycles. The van der Waals surface area contributed by atoms with E-state index >= 15 is 0 Å². The van der Waals surface area contributed by atoms with Crippen LogP contribution in [0.15, 0.2) is 77.6 Å². The van der Waals surface area contributed by atoms with Gasteiger partial charge < -0.3 is 9.38 Å². The average Bonchev–Trinajstić information content (AvgIpc) is 2.97. The van der Waals surface area contributed by atoms with Crippen molar-refractivity contribution in [3.05, 3.63) is 88.2 Å². The average molecular weight is 345 g/mol. The molecule has 0 fully saturated rings. The van der Waals surface area contributed by atoms with Crippen molar-refractivity contribution >= 4 is 39.1 Å². The zero-order valence-corrected chi connectivity index (χ0v) is 13.9. The van der Waals surface area contributed by atoms with Gasteiger partial charge in [-0.2, -0.15) is 0 Å². The maximum Gasteiger partial charge on any atom is 0.273 e. The maximum atomic E-state index is 12.9. The van der Waals surface area contributed by atoms with Gasteiger partial charge in [-0.3, -0.25) is 4.79 Å². The summed E-state index contributed by atoms with van der Waals surface area (Å²) in [6.45, 7) is 0. The number of nitrogens with one attached hydrogen (secondary N) is 1. The molecule has 0 saturated heterocycles. The molecule has 2 aromatic heterocycles. The van der Waals surface area contributed by atoms with Gasteiger partial charge in [0, 0.05) is 16.0 Å². The Hall–Kier alpha value is -3.04. The molecule has 120 valence electrons. The molecular formula is C21H13ClN2O. The second-order valence-corrected chi connectivity index (χ2v) is 6.49. The molecule has 5 aromatic rings. The second kappa shape index (κ2) is 5.23. The third-order valence-electron chi connectivity index (χ3n) is 4.60. The quantitative estimate of drug-likeness (QED) is 0.443. The zero-order chi connectivity index (χ0) is 17.0. The number of halogens is 1. The summed E-state index contributed by atoms with van der Waals surface area (Å²) in [7, 11) is 0. The normalized spacial score (nSPS) is 11.6. The van der Waals surface area contributed by atoms with Crippen LogP contribution in [0.4, 0.5) is 0 Å². The molecule has 0 saturated carbocycles. The molecule has 0 radical (unpaired) electrons.